The summed E-state index contributed by atoms with van der Waals surface area (Å²) in [5.74, 6) is 1.27. The lowest BCUT2D eigenvalue weighted by atomic mass is 10.0. The summed E-state index contributed by atoms with van der Waals surface area (Å²) in [6, 6.07) is 7.56. The molecule has 0 bridgehead atoms. The zero-order chi connectivity index (χ0) is 16.4. The van der Waals surface area contributed by atoms with Crippen LogP contribution in [-0.2, 0) is 17.8 Å². The minimum absolute atomic E-state index is 0.00866. The Morgan fingerprint density at radius 2 is 2.00 bits per heavy atom. The summed E-state index contributed by atoms with van der Waals surface area (Å²) in [7, 11) is 1.82. The van der Waals surface area contributed by atoms with Crippen LogP contribution in [0.4, 0.5) is 0 Å². The first kappa shape index (κ1) is 16.0. The van der Waals surface area contributed by atoms with Crippen LogP contribution in [0.25, 0.3) is 0 Å². The van der Waals surface area contributed by atoms with Crippen LogP contribution in [0.1, 0.15) is 36.7 Å². The van der Waals surface area contributed by atoms with Gasteiger partial charge in [0.25, 0.3) is 0 Å². The molecular weight excluding hydrogens is 316 g/mol. The molecule has 2 unspecified atom stereocenters. The zero-order valence-corrected chi connectivity index (χ0v) is 13.9. The fourth-order valence-corrected chi connectivity index (χ4v) is 3.02. The smallest absolute Gasteiger partial charge is 0.230 e. The molecule has 122 valence electrons. The van der Waals surface area contributed by atoms with E-state index >= 15 is 0 Å². The molecule has 6 nitrogen and oxygen atoms in total. The van der Waals surface area contributed by atoms with Crippen LogP contribution in [-0.4, -0.2) is 34.1 Å². The summed E-state index contributed by atoms with van der Waals surface area (Å²) in [5, 5.41) is 12.0. The Morgan fingerprint density at radius 3 is 2.65 bits per heavy atom. The summed E-state index contributed by atoms with van der Waals surface area (Å²) in [4.78, 5) is 13.9. The molecule has 2 aromatic rings. The number of aryl methyl sites for hydroxylation is 1. The van der Waals surface area contributed by atoms with Gasteiger partial charge in [0.2, 0.25) is 17.7 Å². The molecule has 2 atom stereocenters. The molecular formula is C16H19ClN4O2. The van der Waals surface area contributed by atoms with Gasteiger partial charge in [-0.15, -0.1) is 10.2 Å². The van der Waals surface area contributed by atoms with Crippen molar-refractivity contribution in [3.63, 3.8) is 0 Å². The number of halogens is 1. The molecule has 0 radical (unpaired) electrons. The first-order valence-electron chi connectivity index (χ1n) is 7.64. The van der Waals surface area contributed by atoms with E-state index in [1.165, 1.54) is 0 Å². The van der Waals surface area contributed by atoms with E-state index < -0.39 is 0 Å². The molecule has 1 saturated heterocycles. The zero-order valence-electron chi connectivity index (χ0n) is 13.1. The lowest BCUT2D eigenvalue weighted by Gasteiger charge is -2.25. The van der Waals surface area contributed by atoms with E-state index in [-0.39, 0.29) is 18.0 Å². The van der Waals surface area contributed by atoms with Crippen LogP contribution in [0.15, 0.2) is 28.7 Å². The Labute approximate surface area is 139 Å². The number of amides is 1. The quantitative estimate of drug-likeness (QED) is 0.908. The largest absolute Gasteiger partial charge is 0.424 e. The number of aromatic nitrogens is 2. The lowest BCUT2D eigenvalue weighted by Crippen LogP contribution is -2.34. The first-order chi connectivity index (χ1) is 11.1. The van der Waals surface area contributed by atoms with Gasteiger partial charge in [0.1, 0.15) is 0 Å². The average Bonchev–Trinajstić information content (AvgIpc) is 3.12. The van der Waals surface area contributed by atoms with E-state index in [4.69, 9.17) is 16.0 Å². The van der Waals surface area contributed by atoms with Crippen LogP contribution in [0, 0.1) is 0 Å². The second kappa shape index (κ2) is 6.68. The van der Waals surface area contributed by atoms with Crippen LogP contribution < -0.4 is 5.32 Å². The molecule has 1 aromatic heterocycles. The summed E-state index contributed by atoms with van der Waals surface area (Å²) >= 11 is 5.95. The van der Waals surface area contributed by atoms with Gasteiger partial charge in [0.15, 0.2) is 0 Å². The molecule has 1 fully saturated rings. The van der Waals surface area contributed by atoms with Crippen LogP contribution in [0.3, 0.4) is 0 Å². The first-order valence-corrected chi connectivity index (χ1v) is 8.02. The van der Waals surface area contributed by atoms with Gasteiger partial charge in [-0.3, -0.25) is 4.79 Å². The topological polar surface area (TPSA) is 71.3 Å². The van der Waals surface area contributed by atoms with Crippen molar-refractivity contribution >= 4 is 17.5 Å². The van der Waals surface area contributed by atoms with Gasteiger partial charge in [-0.2, -0.15) is 0 Å². The number of carbonyl (C=O) groups is 1. The van der Waals surface area contributed by atoms with Gasteiger partial charge in [-0.1, -0.05) is 30.7 Å². The summed E-state index contributed by atoms with van der Waals surface area (Å²) in [5.41, 5.74) is 1.06. The van der Waals surface area contributed by atoms with Crippen molar-refractivity contribution in [2.75, 3.05) is 7.05 Å². The third-order valence-electron chi connectivity index (χ3n) is 4.12. The van der Waals surface area contributed by atoms with E-state index in [0.29, 0.717) is 36.2 Å². The maximum absolute atomic E-state index is 12.1. The van der Waals surface area contributed by atoms with Gasteiger partial charge in [0, 0.05) is 31.0 Å². The van der Waals surface area contributed by atoms with Gasteiger partial charge >= 0.3 is 0 Å². The van der Waals surface area contributed by atoms with Crippen molar-refractivity contribution in [3.8, 4) is 0 Å². The van der Waals surface area contributed by atoms with Gasteiger partial charge < -0.3 is 14.6 Å². The molecule has 1 N–H and O–H groups in total. The Bertz CT molecular complexity index is 686. The third-order valence-corrected chi connectivity index (χ3v) is 4.38. The number of rotatable bonds is 5. The predicted molar refractivity (Wildman–Crippen MR) is 85.9 cm³/mol. The average molecular weight is 335 g/mol. The number of nitrogens with one attached hydrogen (secondary N) is 1. The van der Waals surface area contributed by atoms with E-state index in [0.717, 1.165) is 5.56 Å². The molecule has 1 aliphatic rings. The molecule has 0 saturated carbocycles. The van der Waals surface area contributed by atoms with Crippen LogP contribution in [0.5, 0.6) is 0 Å². The van der Waals surface area contributed by atoms with E-state index in [2.05, 4.69) is 15.5 Å². The lowest BCUT2D eigenvalue weighted by molar-refractivity contribution is -0.127. The maximum Gasteiger partial charge on any atom is 0.230 e. The standard InChI is InChI=1S/C16H19ClN4O2/c1-3-13-19-20-14(23-13)9-18-12-8-15(22)21(2)16(12)10-4-6-11(17)7-5-10/h4-7,12,16,18H,3,8-9H2,1-2H3. The van der Waals surface area contributed by atoms with Crippen molar-refractivity contribution < 1.29 is 9.21 Å². The Morgan fingerprint density at radius 1 is 1.30 bits per heavy atom. The van der Waals surface area contributed by atoms with Gasteiger partial charge in [-0.05, 0) is 17.7 Å². The highest BCUT2D eigenvalue weighted by Gasteiger charge is 2.38. The van der Waals surface area contributed by atoms with Crippen LogP contribution in [0.2, 0.25) is 5.02 Å². The van der Waals surface area contributed by atoms with Crippen molar-refractivity contribution in [2.24, 2.45) is 0 Å². The molecule has 1 aliphatic heterocycles. The fourth-order valence-electron chi connectivity index (χ4n) is 2.89. The number of hydrogen-bond acceptors (Lipinski definition) is 5. The van der Waals surface area contributed by atoms with Crippen molar-refractivity contribution in [3.05, 3.63) is 46.6 Å². The van der Waals surface area contributed by atoms with Crippen molar-refractivity contribution in [1.82, 2.24) is 20.4 Å². The third kappa shape index (κ3) is 3.38. The molecule has 3 rings (SSSR count). The van der Waals surface area contributed by atoms with Crippen LogP contribution >= 0.6 is 11.6 Å². The fraction of sp³-hybridized carbons (Fsp3) is 0.438. The highest BCUT2D eigenvalue weighted by Crippen LogP contribution is 2.32. The summed E-state index contributed by atoms with van der Waals surface area (Å²) in [6.07, 6.45) is 1.16. The second-order valence-electron chi connectivity index (χ2n) is 5.64. The molecule has 1 aromatic carbocycles. The predicted octanol–water partition coefficient (Wildman–Crippen LogP) is 2.35. The summed E-state index contributed by atoms with van der Waals surface area (Å²) in [6.45, 7) is 2.41. The minimum atomic E-state index is -0.0340. The summed E-state index contributed by atoms with van der Waals surface area (Å²) < 4.78 is 5.50. The number of benzene rings is 1. The minimum Gasteiger partial charge on any atom is -0.424 e. The van der Waals surface area contributed by atoms with Crippen molar-refractivity contribution in [2.45, 2.75) is 38.4 Å². The molecule has 1 amide bonds. The number of likely N-dealkylation sites (N-methyl/N-ethyl adjacent to an activating group) is 1. The van der Waals surface area contributed by atoms with Gasteiger partial charge in [-0.25, -0.2) is 0 Å². The highest BCUT2D eigenvalue weighted by molar-refractivity contribution is 6.30. The van der Waals surface area contributed by atoms with E-state index in [1.807, 2.05) is 38.2 Å². The molecule has 23 heavy (non-hydrogen) atoms. The highest BCUT2D eigenvalue weighted by atomic mass is 35.5. The SMILES string of the molecule is CCc1nnc(CNC2CC(=O)N(C)C2c2ccc(Cl)cc2)o1. The number of hydrogen-bond donors (Lipinski definition) is 1. The molecule has 0 aliphatic carbocycles. The van der Waals surface area contributed by atoms with Crippen molar-refractivity contribution in [1.29, 1.82) is 0 Å². The van der Waals surface area contributed by atoms with E-state index in [9.17, 15) is 4.79 Å². The monoisotopic (exact) mass is 334 g/mol. The Balaban J connectivity index is 1.73. The molecule has 7 heteroatoms. The molecule has 2 heterocycles. The Hall–Kier alpha value is -1.92. The van der Waals surface area contributed by atoms with Gasteiger partial charge in [0.05, 0.1) is 12.6 Å². The number of likely N-dealkylation sites (tertiary alicyclic amines) is 1. The Kier molecular flexibility index (Phi) is 4.63. The maximum atomic E-state index is 12.1. The number of carbonyl (C=O) groups excluding carboxylic acids is 1. The second-order valence-corrected chi connectivity index (χ2v) is 6.07. The normalized spacial score (nSPS) is 21.2. The van der Waals surface area contributed by atoms with E-state index in [1.54, 1.807) is 4.90 Å². The molecule has 0 spiro atoms. The number of nitrogens with zero attached hydrogens (tertiary/aromatic N) is 3.